The van der Waals surface area contributed by atoms with Crippen molar-refractivity contribution in [3.8, 4) is 5.75 Å². The first kappa shape index (κ1) is 12.0. The maximum Gasteiger partial charge on any atom is 0.139 e. The Morgan fingerprint density at radius 3 is 2.59 bits per heavy atom. The van der Waals surface area contributed by atoms with E-state index in [1.807, 2.05) is 18.2 Å². The van der Waals surface area contributed by atoms with Gasteiger partial charge in [-0.1, -0.05) is 23.2 Å². The van der Waals surface area contributed by atoms with E-state index in [0.29, 0.717) is 15.9 Å². The van der Waals surface area contributed by atoms with Gasteiger partial charge in [-0.05, 0) is 24.3 Å². The molecule has 0 bridgehead atoms. The van der Waals surface area contributed by atoms with E-state index in [2.05, 4.69) is 10.3 Å². The van der Waals surface area contributed by atoms with Crippen LogP contribution in [0.15, 0.2) is 36.5 Å². The molecule has 2 aromatic rings. The summed E-state index contributed by atoms with van der Waals surface area (Å²) in [6, 6.07) is 9.01. The second-order valence-electron chi connectivity index (χ2n) is 3.34. The summed E-state index contributed by atoms with van der Waals surface area (Å²) in [6.45, 7) is 0. The Balaban J connectivity index is 2.24. The van der Waals surface area contributed by atoms with Crippen molar-refractivity contribution in [2.24, 2.45) is 0 Å². The van der Waals surface area contributed by atoms with Gasteiger partial charge in [-0.3, -0.25) is 0 Å². The van der Waals surface area contributed by atoms with Gasteiger partial charge in [0.15, 0.2) is 0 Å². The van der Waals surface area contributed by atoms with Crippen LogP contribution in [0.5, 0.6) is 5.75 Å². The van der Waals surface area contributed by atoms with Crippen molar-refractivity contribution in [2.75, 3.05) is 12.4 Å². The maximum absolute atomic E-state index is 5.94. The van der Waals surface area contributed by atoms with Gasteiger partial charge >= 0.3 is 0 Å². The zero-order valence-corrected chi connectivity index (χ0v) is 10.6. The standard InChI is InChI=1S/C12H10Cl2N2O/c1-17-11-6-8(2-3-10(11)13)16-9-4-5-15-12(14)7-9/h2-7H,1H3,(H,15,16). The molecule has 0 saturated heterocycles. The van der Waals surface area contributed by atoms with E-state index in [0.717, 1.165) is 11.4 Å². The lowest BCUT2D eigenvalue weighted by Crippen LogP contribution is -1.92. The maximum atomic E-state index is 5.94. The third-order valence-electron chi connectivity index (χ3n) is 2.17. The molecule has 0 aliphatic heterocycles. The number of hydrogen-bond acceptors (Lipinski definition) is 3. The first-order valence-corrected chi connectivity index (χ1v) is 5.67. The summed E-state index contributed by atoms with van der Waals surface area (Å²) in [7, 11) is 1.58. The topological polar surface area (TPSA) is 34.1 Å². The van der Waals surface area contributed by atoms with Gasteiger partial charge in [0.2, 0.25) is 0 Å². The average Bonchev–Trinajstić information content (AvgIpc) is 2.32. The number of nitrogens with zero attached hydrogens (tertiary/aromatic N) is 1. The molecule has 0 atom stereocenters. The SMILES string of the molecule is COc1cc(Nc2ccnc(Cl)c2)ccc1Cl. The Hall–Kier alpha value is -1.45. The van der Waals surface area contributed by atoms with Crippen molar-refractivity contribution >= 4 is 34.6 Å². The van der Waals surface area contributed by atoms with E-state index in [-0.39, 0.29) is 0 Å². The van der Waals surface area contributed by atoms with Gasteiger partial charge < -0.3 is 10.1 Å². The number of methoxy groups -OCH3 is 1. The Morgan fingerprint density at radius 2 is 1.88 bits per heavy atom. The molecule has 17 heavy (non-hydrogen) atoms. The minimum atomic E-state index is 0.441. The first-order valence-electron chi connectivity index (χ1n) is 4.91. The number of anilines is 2. The molecular weight excluding hydrogens is 259 g/mol. The summed E-state index contributed by atoms with van der Waals surface area (Å²) in [5.41, 5.74) is 1.72. The third-order valence-corrected chi connectivity index (χ3v) is 2.69. The van der Waals surface area contributed by atoms with Crippen molar-refractivity contribution in [3.05, 3.63) is 46.7 Å². The van der Waals surface area contributed by atoms with Gasteiger partial charge in [0.25, 0.3) is 0 Å². The molecule has 2 rings (SSSR count). The normalized spacial score (nSPS) is 10.1. The summed E-state index contributed by atoms with van der Waals surface area (Å²) >= 11 is 11.7. The molecule has 0 spiro atoms. The second-order valence-corrected chi connectivity index (χ2v) is 4.14. The van der Waals surface area contributed by atoms with Gasteiger partial charge in [-0.2, -0.15) is 0 Å². The number of hydrogen-bond donors (Lipinski definition) is 1. The van der Waals surface area contributed by atoms with Crippen LogP contribution < -0.4 is 10.1 Å². The molecule has 0 radical (unpaired) electrons. The Bertz CT molecular complexity index is 532. The van der Waals surface area contributed by atoms with Crippen LogP contribution in [0.25, 0.3) is 0 Å². The van der Waals surface area contributed by atoms with Crippen molar-refractivity contribution in [2.45, 2.75) is 0 Å². The average molecular weight is 269 g/mol. The Kier molecular flexibility index (Phi) is 3.71. The molecule has 88 valence electrons. The zero-order valence-electron chi connectivity index (χ0n) is 9.08. The molecule has 0 fully saturated rings. The Morgan fingerprint density at radius 1 is 1.12 bits per heavy atom. The highest BCUT2D eigenvalue weighted by molar-refractivity contribution is 6.32. The predicted octanol–water partition coefficient (Wildman–Crippen LogP) is 4.14. The van der Waals surface area contributed by atoms with Crippen molar-refractivity contribution in [3.63, 3.8) is 0 Å². The number of benzene rings is 1. The monoisotopic (exact) mass is 268 g/mol. The number of aromatic nitrogens is 1. The molecule has 0 aliphatic carbocycles. The molecule has 0 amide bonds. The lowest BCUT2D eigenvalue weighted by molar-refractivity contribution is 0.415. The van der Waals surface area contributed by atoms with Crippen molar-refractivity contribution < 1.29 is 4.74 Å². The van der Waals surface area contributed by atoms with Crippen LogP contribution in [-0.2, 0) is 0 Å². The first-order chi connectivity index (χ1) is 8.19. The summed E-state index contributed by atoms with van der Waals surface area (Å²) in [4.78, 5) is 3.91. The van der Waals surface area contributed by atoms with Crippen LogP contribution in [0.3, 0.4) is 0 Å². The molecular formula is C12H10Cl2N2O. The fraction of sp³-hybridized carbons (Fsp3) is 0.0833. The van der Waals surface area contributed by atoms with Gasteiger partial charge in [0.05, 0.1) is 12.1 Å². The molecule has 1 aromatic carbocycles. The highest BCUT2D eigenvalue weighted by Gasteiger charge is 2.02. The highest BCUT2D eigenvalue weighted by Crippen LogP contribution is 2.29. The quantitative estimate of drug-likeness (QED) is 0.850. The summed E-state index contributed by atoms with van der Waals surface area (Å²) in [5, 5.41) is 4.20. The minimum absolute atomic E-state index is 0.441. The zero-order chi connectivity index (χ0) is 12.3. The fourth-order valence-corrected chi connectivity index (χ4v) is 1.75. The van der Waals surface area contributed by atoms with Crippen molar-refractivity contribution in [1.82, 2.24) is 4.98 Å². The van der Waals surface area contributed by atoms with Gasteiger partial charge in [-0.15, -0.1) is 0 Å². The van der Waals surface area contributed by atoms with Crippen LogP contribution in [0.4, 0.5) is 11.4 Å². The Labute approximate surface area is 109 Å². The van der Waals surface area contributed by atoms with E-state index in [1.54, 1.807) is 25.4 Å². The van der Waals surface area contributed by atoms with E-state index in [9.17, 15) is 0 Å². The number of nitrogens with one attached hydrogen (secondary N) is 1. The molecule has 3 nitrogen and oxygen atoms in total. The largest absolute Gasteiger partial charge is 0.495 e. The molecule has 0 unspecified atom stereocenters. The van der Waals surface area contributed by atoms with Crippen LogP contribution in [0.2, 0.25) is 10.2 Å². The molecule has 1 heterocycles. The van der Waals surface area contributed by atoms with E-state index in [4.69, 9.17) is 27.9 Å². The van der Waals surface area contributed by atoms with Gasteiger partial charge in [-0.25, -0.2) is 4.98 Å². The summed E-state index contributed by atoms with van der Waals surface area (Å²) in [5.74, 6) is 0.622. The number of rotatable bonds is 3. The van der Waals surface area contributed by atoms with Crippen LogP contribution in [0.1, 0.15) is 0 Å². The minimum Gasteiger partial charge on any atom is -0.495 e. The molecule has 1 N–H and O–H groups in total. The number of ether oxygens (including phenoxy) is 1. The highest BCUT2D eigenvalue weighted by atomic mass is 35.5. The van der Waals surface area contributed by atoms with Crippen LogP contribution in [-0.4, -0.2) is 12.1 Å². The van der Waals surface area contributed by atoms with E-state index < -0.39 is 0 Å². The molecule has 0 saturated carbocycles. The smallest absolute Gasteiger partial charge is 0.139 e. The second kappa shape index (κ2) is 5.25. The van der Waals surface area contributed by atoms with Crippen molar-refractivity contribution in [1.29, 1.82) is 0 Å². The van der Waals surface area contributed by atoms with Crippen LogP contribution in [0, 0.1) is 0 Å². The molecule has 5 heteroatoms. The van der Waals surface area contributed by atoms with E-state index in [1.165, 1.54) is 0 Å². The summed E-state index contributed by atoms with van der Waals surface area (Å²) < 4.78 is 5.14. The van der Waals surface area contributed by atoms with Gasteiger partial charge in [0, 0.05) is 23.6 Å². The van der Waals surface area contributed by atoms with Gasteiger partial charge in [0.1, 0.15) is 10.9 Å². The lowest BCUT2D eigenvalue weighted by atomic mass is 10.3. The molecule has 1 aromatic heterocycles. The lowest BCUT2D eigenvalue weighted by Gasteiger charge is -2.09. The third kappa shape index (κ3) is 3.02. The fourth-order valence-electron chi connectivity index (χ4n) is 1.38. The predicted molar refractivity (Wildman–Crippen MR) is 70.5 cm³/mol. The number of pyridine rings is 1. The van der Waals surface area contributed by atoms with E-state index >= 15 is 0 Å². The van der Waals surface area contributed by atoms with Crippen LogP contribution >= 0.6 is 23.2 Å². The number of halogens is 2. The summed E-state index contributed by atoms with van der Waals surface area (Å²) in [6.07, 6.45) is 1.64. The molecule has 0 aliphatic rings.